The number of nitrogens with one attached hydrogen (secondary N) is 2. The van der Waals surface area contributed by atoms with Gasteiger partial charge in [0.2, 0.25) is 17.8 Å². The number of halogens is 4. The van der Waals surface area contributed by atoms with Crippen molar-refractivity contribution in [2.75, 3.05) is 22.1 Å². The summed E-state index contributed by atoms with van der Waals surface area (Å²) in [5.41, 5.74) is 0.748. The van der Waals surface area contributed by atoms with E-state index in [0.717, 1.165) is 35.8 Å². The molecule has 6 aromatic rings. The van der Waals surface area contributed by atoms with Crippen molar-refractivity contribution < 1.29 is 31.7 Å². The number of pyridine rings is 2. The Labute approximate surface area is 309 Å². The summed E-state index contributed by atoms with van der Waals surface area (Å²) in [5, 5.41) is 19.7. The van der Waals surface area contributed by atoms with Gasteiger partial charge in [-0.1, -0.05) is 48.2 Å². The van der Waals surface area contributed by atoms with E-state index in [-0.39, 0.29) is 47.8 Å². The first-order valence-corrected chi connectivity index (χ1v) is 18.1. The van der Waals surface area contributed by atoms with E-state index in [0.29, 0.717) is 39.6 Å². The Kier molecular flexibility index (Phi) is 11.8. The number of amides is 2. The van der Waals surface area contributed by atoms with E-state index in [1.807, 2.05) is 19.1 Å². The second-order valence-electron chi connectivity index (χ2n) is 11.2. The van der Waals surface area contributed by atoms with Gasteiger partial charge >= 0.3 is 11.3 Å². The van der Waals surface area contributed by atoms with E-state index in [1.165, 1.54) is 18.3 Å². The molecule has 0 radical (unpaired) electrons. The van der Waals surface area contributed by atoms with Crippen molar-refractivity contribution in [3.8, 4) is 22.8 Å². The number of aryl methyl sites for hydroxylation is 1. The van der Waals surface area contributed by atoms with Crippen molar-refractivity contribution in [2.24, 2.45) is 0 Å². The molecule has 4 heterocycles. The largest absolute Gasteiger partial charge is 0.433 e. The number of thioether (sulfide) groups is 2. The molecule has 4 aromatic heterocycles. The molecule has 6 rings (SSSR count). The Balaban J connectivity index is 1.32. The summed E-state index contributed by atoms with van der Waals surface area (Å²) in [6, 6.07) is 23.0. The molecule has 18 heteroatoms. The molecule has 12 nitrogen and oxygen atoms in total. The molecular weight excluding hydrogens is 733 g/mol. The molecule has 0 fully saturated rings. The van der Waals surface area contributed by atoms with Crippen LogP contribution in [0, 0.1) is 5.95 Å². The smallest absolute Gasteiger partial charge is 0.325 e. The van der Waals surface area contributed by atoms with Crippen molar-refractivity contribution in [1.29, 1.82) is 0 Å². The molecule has 53 heavy (non-hydrogen) atoms. The lowest BCUT2D eigenvalue weighted by molar-refractivity contribution is -0.719. The fraction of sp³-hybridized carbons (Fsp3) is 0.200. The maximum Gasteiger partial charge on any atom is 0.433 e. The van der Waals surface area contributed by atoms with Gasteiger partial charge in [-0.15, -0.1) is 14.9 Å². The van der Waals surface area contributed by atoms with E-state index < -0.39 is 17.8 Å². The summed E-state index contributed by atoms with van der Waals surface area (Å²) >= 11 is 2.24. The number of nitrogens with zero attached hydrogens (tertiary/aromatic N) is 8. The van der Waals surface area contributed by atoms with Crippen LogP contribution in [0.5, 0.6) is 0 Å². The molecule has 0 bridgehead atoms. The highest BCUT2D eigenvalue weighted by molar-refractivity contribution is 8.00. The molecule has 0 saturated carbocycles. The molecule has 0 aliphatic carbocycles. The van der Waals surface area contributed by atoms with Gasteiger partial charge in [-0.2, -0.15) is 17.6 Å². The van der Waals surface area contributed by atoms with Crippen molar-refractivity contribution >= 4 is 46.7 Å². The molecule has 0 spiro atoms. The fourth-order valence-corrected chi connectivity index (χ4v) is 6.88. The van der Waals surface area contributed by atoms with Crippen LogP contribution in [0.3, 0.4) is 0 Å². The quantitative estimate of drug-likeness (QED) is 0.0573. The standard InChI is InChI=1S/C35H30F4N10O2S2/c1-2-47-32(24-14-15-40-27(19-24)35(37,38)39)49(46-34(47)53-22-30(51)43-26-11-7-4-8-12-26)18-17-48-31(23-13-16-41-28(36)20-23)44-45-33(48)52-21-29(50)42-25-9-5-3-6-10-25/h3-16,19-20H,2,17-18,21-22H2,1H3,(H-,42,43,50,51)/p+1. The third-order valence-corrected chi connectivity index (χ3v) is 9.51. The molecule has 2 amide bonds. The van der Waals surface area contributed by atoms with Crippen LogP contribution in [-0.4, -0.2) is 57.8 Å². The van der Waals surface area contributed by atoms with Gasteiger partial charge in [0.15, 0.2) is 11.0 Å². The van der Waals surface area contributed by atoms with Gasteiger partial charge in [-0.05, 0) is 61.2 Å². The Morgan fingerprint density at radius 2 is 1.42 bits per heavy atom. The van der Waals surface area contributed by atoms with Crippen LogP contribution in [-0.2, 0) is 35.4 Å². The van der Waals surface area contributed by atoms with Gasteiger partial charge in [-0.3, -0.25) is 19.1 Å². The first-order valence-electron chi connectivity index (χ1n) is 16.1. The Bertz CT molecular complexity index is 2200. The molecule has 2 N–H and O–H groups in total. The van der Waals surface area contributed by atoms with Gasteiger partial charge in [0.25, 0.3) is 5.82 Å². The van der Waals surface area contributed by atoms with Crippen molar-refractivity contribution in [3.63, 3.8) is 0 Å². The Morgan fingerprint density at radius 3 is 2.04 bits per heavy atom. The number of carbonyl (C=O) groups excluding carboxylic acids is 2. The van der Waals surface area contributed by atoms with E-state index in [9.17, 15) is 27.2 Å². The molecular formula is C35H31F4N10O2S2+. The van der Waals surface area contributed by atoms with Crippen LogP contribution in [0.15, 0.2) is 108 Å². The van der Waals surface area contributed by atoms with Crippen molar-refractivity contribution in [1.82, 2.24) is 34.5 Å². The van der Waals surface area contributed by atoms with Crippen LogP contribution >= 0.6 is 23.5 Å². The average molecular weight is 764 g/mol. The fourth-order valence-electron chi connectivity index (χ4n) is 5.26. The molecule has 0 atom stereocenters. The number of hydrogen-bond acceptors (Lipinski definition) is 9. The summed E-state index contributed by atoms with van der Waals surface area (Å²) in [6.07, 6.45) is -2.32. The minimum absolute atomic E-state index is 0.0233. The number of carbonyl (C=O) groups is 2. The topological polar surface area (TPSA) is 136 Å². The van der Waals surface area contributed by atoms with E-state index in [4.69, 9.17) is 5.10 Å². The lowest BCUT2D eigenvalue weighted by Crippen LogP contribution is -2.36. The summed E-state index contributed by atoms with van der Waals surface area (Å²) < 4.78 is 60.6. The zero-order valence-electron chi connectivity index (χ0n) is 28.0. The van der Waals surface area contributed by atoms with Gasteiger partial charge in [-0.25, -0.2) is 9.55 Å². The molecule has 0 aliphatic rings. The van der Waals surface area contributed by atoms with Crippen LogP contribution in [0.1, 0.15) is 12.6 Å². The number of benzene rings is 2. The minimum Gasteiger partial charge on any atom is -0.325 e. The van der Waals surface area contributed by atoms with Gasteiger partial charge in [0.05, 0.1) is 35.3 Å². The zero-order chi connectivity index (χ0) is 37.4. The van der Waals surface area contributed by atoms with E-state index in [1.54, 1.807) is 68.4 Å². The van der Waals surface area contributed by atoms with Crippen molar-refractivity contribution in [2.45, 2.75) is 43.0 Å². The number of hydrogen-bond donors (Lipinski definition) is 2. The van der Waals surface area contributed by atoms with Gasteiger partial charge in [0.1, 0.15) is 12.2 Å². The first-order chi connectivity index (χ1) is 25.6. The molecule has 2 aromatic carbocycles. The molecule has 0 saturated heterocycles. The predicted molar refractivity (Wildman–Crippen MR) is 191 cm³/mol. The second kappa shape index (κ2) is 16.8. The molecule has 0 unspecified atom stereocenters. The summed E-state index contributed by atoms with van der Waals surface area (Å²) in [7, 11) is 0. The lowest BCUT2D eigenvalue weighted by atomic mass is 10.2. The second-order valence-corrected chi connectivity index (χ2v) is 13.1. The average Bonchev–Trinajstić information content (AvgIpc) is 3.73. The maximum absolute atomic E-state index is 14.2. The zero-order valence-corrected chi connectivity index (χ0v) is 29.6. The minimum atomic E-state index is -4.69. The number of anilines is 2. The Morgan fingerprint density at radius 1 is 0.792 bits per heavy atom. The summed E-state index contributed by atoms with van der Waals surface area (Å²) in [6.45, 7) is 2.33. The lowest BCUT2D eigenvalue weighted by Gasteiger charge is -2.11. The van der Waals surface area contributed by atoms with Gasteiger partial charge in [0, 0.05) is 35.4 Å². The highest BCUT2D eigenvalue weighted by Gasteiger charge is 2.35. The molecule has 272 valence electrons. The van der Waals surface area contributed by atoms with Crippen molar-refractivity contribution in [3.05, 3.63) is 109 Å². The van der Waals surface area contributed by atoms with Gasteiger partial charge < -0.3 is 10.6 Å². The first kappa shape index (κ1) is 37.1. The Hall–Kier alpha value is -5.62. The number of rotatable bonds is 14. The normalized spacial score (nSPS) is 11.4. The highest BCUT2D eigenvalue weighted by Crippen LogP contribution is 2.31. The van der Waals surface area contributed by atoms with Crippen LogP contribution < -0.4 is 15.2 Å². The number of alkyl halides is 3. The number of para-hydroxylation sites is 2. The third kappa shape index (κ3) is 9.44. The number of aromatic nitrogens is 8. The van der Waals surface area contributed by atoms with E-state index in [2.05, 4.69) is 30.8 Å². The maximum atomic E-state index is 14.2. The molecule has 0 aliphatic heterocycles. The van der Waals surface area contributed by atoms with Crippen LogP contribution in [0.2, 0.25) is 0 Å². The summed E-state index contributed by atoms with van der Waals surface area (Å²) in [4.78, 5) is 32.8. The van der Waals surface area contributed by atoms with Crippen LogP contribution in [0.25, 0.3) is 22.8 Å². The predicted octanol–water partition coefficient (Wildman–Crippen LogP) is 6.23. The summed E-state index contributed by atoms with van der Waals surface area (Å²) in [5.74, 6) is -0.740. The van der Waals surface area contributed by atoms with E-state index >= 15 is 0 Å². The third-order valence-electron chi connectivity index (χ3n) is 7.58. The monoisotopic (exact) mass is 763 g/mol. The highest BCUT2D eigenvalue weighted by atomic mass is 32.2. The SMILES string of the molecule is CC[n+]1c(SCC(=O)Nc2ccccc2)nn(CCn2c(SCC(=O)Nc3ccccc3)nnc2-c2ccnc(F)c2)c1-c1ccnc(C(F)(F)F)c1. The van der Waals surface area contributed by atoms with Crippen LogP contribution in [0.4, 0.5) is 28.9 Å².